The fourth-order valence-electron chi connectivity index (χ4n) is 1.90. The zero-order valence-electron chi connectivity index (χ0n) is 10.5. The lowest BCUT2D eigenvalue weighted by Gasteiger charge is -2.30. The Kier molecular flexibility index (Phi) is 3.89. The Balaban J connectivity index is 2.23. The van der Waals surface area contributed by atoms with Crippen LogP contribution in [0.25, 0.3) is 0 Å². The summed E-state index contributed by atoms with van der Waals surface area (Å²) < 4.78 is 36.6. The number of hydrogen-bond donors (Lipinski definition) is 0. The molecular formula is C12H17NO4S. The molecule has 0 radical (unpaired) electrons. The monoisotopic (exact) mass is 271 g/mol. The molecule has 0 N–H and O–H groups in total. The number of ether oxygens (including phenoxy) is 2. The number of nitrogens with zero attached hydrogens (tertiary/aromatic N) is 1. The zero-order chi connectivity index (χ0) is 13.2. The van der Waals surface area contributed by atoms with Gasteiger partial charge in [-0.1, -0.05) is 0 Å². The van der Waals surface area contributed by atoms with Gasteiger partial charge in [0.25, 0.3) is 0 Å². The van der Waals surface area contributed by atoms with Crippen LogP contribution in [0.3, 0.4) is 0 Å². The number of hydrogen-bond acceptors (Lipinski definition) is 4. The van der Waals surface area contributed by atoms with Gasteiger partial charge in [-0.15, -0.1) is 0 Å². The molecule has 1 aliphatic rings. The smallest absolute Gasteiger partial charge is 0.243 e. The first kappa shape index (κ1) is 13.3. The lowest BCUT2D eigenvalue weighted by molar-refractivity contribution is 0.0102. The summed E-state index contributed by atoms with van der Waals surface area (Å²) >= 11 is 0. The molecular weight excluding hydrogens is 254 g/mol. The molecule has 100 valence electrons. The minimum absolute atomic E-state index is 0.0632. The number of rotatable bonds is 3. The summed E-state index contributed by atoms with van der Waals surface area (Å²) in [6.45, 7) is 3.11. The second-order valence-corrected chi connectivity index (χ2v) is 6.16. The Bertz CT molecular complexity index is 497. The molecule has 1 aromatic carbocycles. The number of morpholine rings is 1. The third-order valence-corrected chi connectivity index (χ3v) is 4.78. The van der Waals surface area contributed by atoms with Crippen molar-refractivity contribution in [2.24, 2.45) is 0 Å². The molecule has 1 unspecified atom stereocenters. The van der Waals surface area contributed by atoms with Crippen molar-refractivity contribution in [3.8, 4) is 5.75 Å². The minimum Gasteiger partial charge on any atom is -0.497 e. The first-order chi connectivity index (χ1) is 8.54. The highest BCUT2D eigenvalue weighted by atomic mass is 32.2. The summed E-state index contributed by atoms with van der Waals surface area (Å²) in [5.74, 6) is 0.643. The first-order valence-corrected chi connectivity index (χ1v) is 7.24. The second kappa shape index (κ2) is 5.26. The van der Waals surface area contributed by atoms with E-state index in [-0.39, 0.29) is 11.0 Å². The van der Waals surface area contributed by atoms with E-state index in [9.17, 15) is 8.42 Å². The van der Waals surface area contributed by atoms with Crippen molar-refractivity contribution >= 4 is 10.0 Å². The lowest BCUT2D eigenvalue weighted by atomic mass is 10.3. The Labute approximate surface area is 107 Å². The van der Waals surface area contributed by atoms with Gasteiger partial charge in [0.2, 0.25) is 10.0 Å². The largest absolute Gasteiger partial charge is 0.497 e. The van der Waals surface area contributed by atoms with Gasteiger partial charge in [0.1, 0.15) is 5.75 Å². The van der Waals surface area contributed by atoms with E-state index in [1.165, 1.54) is 4.31 Å². The third kappa shape index (κ3) is 2.66. The average Bonchev–Trinajstić information content (AvgIpc) is 2.39. The second-order valence-electron chi connectivity index (χ2n) is 4.22. The van der Waals surface area contributed by atoms with Crippen LogP contribution in [0.2, 0.25) is 0 Å². The molecule has 0 aromatic heterocycles. The predicted octanol–water partition coefficient (Wildman–Crippen LogP) is 1.10. The van der Waals surface area contributed by atoms with Gasteiger partial charge in [-0.2, -0.15) is 4.31 Å². The highest BCUT2D eigenvalue weighted by molar-refractivity contribution is 7.89. The molecule has 0 bridgehead atoms. The van der Waals surface area contributed by atoms with E-state index in [4.69, 9.17) is 9.47 Å². The van der Waals surface area contributed by atoms with Gasteiger partial charge in [-0.25, -0.2) is 8.42 Å². The van der Waals surface area contributed by atoms with Gasteiger partial charge >= 0.3 is 0 Å². The topological polar surface area (TPSA) is 55.8 Å². The Morgan fingerprint density at radius 3 is 2.56 bits per heavy atom. The molecule has 6 heteroatoms. The van der Waals surface area contributed by atoms with Crippen LogP contribution in [0.4, 0.5) is 0 Å². The van der Waals surface area contributed by atoms with Crippen LogP contribution in [0.1, 0.15) is 6.92 Å². The van der Waals surface area contributed by atoms with E-state index in [0.717, 1.165) is 0 Å². The summed E-state index contributed by atoms with van der Waals surface area (Å²) in [6.07, 6.45) is -0.0632. The molecule has 5 nitrogen and oxygen atoms in total. The molecule has 0 saturated carbocycles. The summed E-state index contributed by atoms with van der Waals surface area (Å²) in [5.41, 5.74) is 0. The van der Waals surface area contributed by atoms with Crippen LogP contribution < -0.4 is 4.74 Å². The molecule has 1 atom stereocenters. The molecule has 0 amide bonds. The van der Waals surface area contributed by atoms with Crippen LogP contribution in [0.15, 0.2) is 29.2 Å². The van der Waals surface area contributed by atoms with Gasteiger partial charge in [0, 0.05) is 13.1 Å². The van der Waals surface area contributed by atoms with Crippen molar-refractivity contribution < 1.29 is 17.9 Å². The van der Waals surface area contributed by atoms with Crippen LogP contribution in [-0.4, -0.2) is 45.6 Å². The van der Waals surface area contributed by atoms with Crippen molar-refractivity contribution in [3.63, 3.8) is 0 Å². The maximum Gasteiger partial charge on any atom is 0.243 e. The third-order valence-electron chi connectivity index (χ3n) is 2.90. The first-order valence-electron chi connectivity index (χ1n) is 5.80. The Morgan fingerprint density at radius 1 is 1.33 bits per heavy atom. The van der Waals surface area contributed by atoms with E-state index < -0.39 is 10.0 Å². The highest BCUT2D eigenvalue weighted by Crippen LogP contribution is 2.21. The van der Waals surface area contributed by atoms with Crippen molar-refractivity contribution in [3.05, 3.63) is 24.3 Å². The van der Waals surface area contributed by atoms with Crippen LogP contribution >= 0.6 is 0 Å². The van der Waals surface area contributed by atoms with Crippen molar-refractivity contribution in [2.45, 2.75) is 17.9 Å². The van der Waals surface area contributed by atoms with E-state index >= 15 is 0 Å². The molecule has 2 rings (SSSR count). The normalized spacial score (nSPS) is 21.8. The lowest BCUT2D eigenvalue weighted by Crippen LogP contribution is -2.44. The molecule has 18 heavy (non-hydrogen) atoms. The van der Waals surface area contributed by atoms with Gasteiger partial charge in [0.05, 0.1) is 24.7 Å². The maximum absolute atomic E-state index is 12.4. The molecule has 1 aliphatic heterocycles. The quantitative estimate of drug-likeness (QED) is 0.826. The fourth-order valence-corrected chi connectivity index (χ4v) is 3.40. The van der Waals surface area contributed by atoms with E-state index in [1.807, 2.05) is 6.92 Å². The average molecular weight is 271 g/mol. The van der Waals surface area contributed by atoms with Gasteiger partial charge in [-0.3, -0.25) is 0 Å². The van der Waals surface area contributed by atoms with E-state index in [1.54, 1.807) is 31.4 Å². The molecule has 1 saturated heterocycles. The highest BCUT2D eigenvalue weighted by Gasteiger charge is 2.28. The van der Waals surface area contributed by atoms with Gasteiger partial charge in [-0.05, 0) is 31.2 Å². The molecule has 1 fully saturated rings. The standard InChI is InChI=1S/C12H17NO4S/c1-10-9-13(7-8-17-10)18(14,15)12-5-3-11(16-2)4-6-12/h3-6,10H,7-9H2,1-2H3. The molecule has 0 spiro atoms. The van der Waals surface area contributed by atoms with E-state index in [0.29, 0.717) is 25.4 Å². The number of methoxy groups -OCH3 is 1. The van der Waals surface area contributed by atoms with Crippen molar-refractivity contribution in [1.29, 1.82) is 0 Å². The van der Waals surface area contributed by atoms with Gasteiger partial charge in [0.15, 0.2) is 0 Å². The summed E-state index contributed by atoms with van der Waals surface area (Å²) in [7, 11) is -1.87. The minimum atomic E-state index is -3.42. The van der Waals surface area contributed by atoms with Crippen molar-refractivity contribution in [2.75, 3.05) is 26.8 Å². The summed E-state index contributed by atoms with van der Waals surface area (Å²) in [4.78, 5) is 0.289. The van der Waals surface area contributed by atoms with Crippen LogP contribution in [0.5, 0.6) is 5.75 Å². The molecule has 0 aliphatic carbocycles. The number of sulfonamides is 1. The summed E-state index contributed by atoms with van der Waals surface area (Å²) in [5, 5.41) is 0. The molecule has 1 heterocycles. The number of benzene rings is 1. The van der Waals surface area contributed by atoms with Crippen LogP contribution in [-0.2, 0) is 14.8 Å². The van der Waals surface area contributed by atoms with Crippen molar-refractivity contribution in [1.82, 2.24) is 4.31 Å². The van der Waals surface area contributed by atoms with E-state index in [2.05, 4.69) is 0 Å². The zero-order valence-corrected chi connectivity index (χ0v) is 11.3. The maximum atomic E-state index is 12.4. The predicted molar refractivity (Wildman–Crippen MR) is 67.2 cm³/mol. The Morgan fingerprint density at radius 2 is 2.00 bits per heavy atom. The van der Waals surface area contributed by atoms with Gasteiger partial charge < -0.3 is 9.47 Å². The fraction of sp³-hybridized carbons (Fsp3) is 0.500. The Hall–Kier alpha value is -1.11. The van der Waals surface area contributed by atoms with Crippen LogP contribution in [0, 0.1) is 0 Å². The summed E-state index contributed by atoms with van der Waals surface area (Å²) in [6, 6.07) is 6.43. The SMILES string of the molecule is COc1ccc(S(=O)(=O)N2CCOC(C)C2)cc1. The molecule has 1 aromatic rings.